The van der Waals surface area contributed by atoms with Crippen LogP contribution < -0.4 is 0 Å². The molecule has 29 heavy (non-hydrogen) atoms. The van der Waals surface area contributed by atoms with Gasteiger partial charge < -0.3 is 5.11 Å². The van der Waals surface area contributed by atoms with Crippen LogP contribution in [0.1, 0.15) is 21.5 Å². The van der Waals surface area contributed by atoms with E-state index in [1.165, 1.54) is 22.3 Å². The van der Waals surface area contributed by atoms with Crippen LogP contribution in [0.25, 0.3) is 10.9 Å². The van der Waals surface area contributed by atoms with E-state index >= 15 is 0 Å². The van der Waals surface area contributed by atoms with Crippen LogP contribution in [0, 0.1) is 11.8 Å². The average Bonchev–Trinajstić information content (AvgIpc) is 3.13. The van der Waals surface area contributed by atoms with Gasteiger partial charge in [-0.15, -0.1) is 0 Å². The van der Waals surface area contributed by atoms with E-state index in [1.54, 1.807) is 54.6 Å². The Balaban J connectivity index is 1.85. The summed E-state index contributed by atoms with van der Waals surface area (Å²) in [5, 5.41) is 9.82. The van der Waals surface area contributed by atoms with Gasteiger partial charge in [0.2, 0.25) is 0 Å². The molecule has 0 aliphatic carbocycles. The van der Waals surface area contributed by atoms with E-state index in [0.29, 0.717) is 22.0 Å². The third-order valence-corrected chi connectivity index (χ3v) is 6.12. The summed E-state index contributed by atoms with van der Waals surface area (Å²) in [7, 11) is -3.77. The highest BCUT2D eigenvalue weighted by Crippen LogP contribution is 2.25. The van der Waals surface area contributed by atoms with Crippen molar-refractivity contribution < 1.29 is 18.3 Å². The molecule has 4 rings (SSSR count). The molecule has 5 nitrogen and oxygen atoms in total. The molecule has 1 N–H and O–H groups in total. The van der Waals surface area contributed by atoms with Crippen molar-refractivity contribution in [1.82, 2.24) is 3.97 Å². The molecule has 0 aliphatic rings. The molecule has 0 spiro atoms. The summed E-state index contributed by atoms with van der Waals surface area (Å²) in [5.41, 5.74) is 1.75. The van der Waals surface area contributed by atoms with E-state index < -0.39 is 16.0 Å². The number of benzene rings is 3. The van der Waals surface area contributed by atoms with E-state index in [4.69, 9.17) is 5.11 Å². The second kappa shape index (κ2) is 7.30. The fraction of sp³-hybridized carbons (Fsp3) is 0. The smallest absolute Gasteiger partial charge is 0.335 e. The Hall–Kier alpha value is -3.82. The summed E-state index contributed by atoms with van der Waals surface area (Å²) in [5.74, 6) is 4.89. The highest BCUT2D eigenvalue weighted by Gasteiger charge is 2.20. The minimum Gasteiger partial charge on any atom is -0.478 e. The van der Waals surface area contributed by atoms with Crippen molar-refractivity contribution in [3.8, 4) is 11.8 Å². The molecule has 0 unspecified atom stereocenters. The largest absolute Gasteiger partial charge is 0.478 e. The number of carboxylic acids is 1. The molecule has 0 radical (unpaired) electrons. The standard InChI is InChI=1S/C23H15NO4S/c25-23(26)18-8-6-7-17(15-18)13-14-19-16-24(22-12-5-4-11-21(19)22)29(27,28)20-9-2-1-3-10-20/h1-12,15-16H,(H,25,26). The summed E-state index contributed by atoms with van der Waals surface area (Å²) in [6.07, 6.45) is 1.50. The van der Waals surface area contributed by atoms with Gasteiger partial charge in [0.05, 0.1) is 21.5 Å². The zero-order valence-electron chi connectivity index (χ0n) is 15.1. The minimum absolute atomic E-state index is 0.144. The number of para-hydroxylation sites is 1. The lowest BCUT2D eigenvalue weighted by Crippen LogP contribution is -2.11. The number of nitrogens with zero attached hydrogens (tertiary/aromatic N) is 1. The molecule has 0 fully saturated rings. The maximum Gasteiger partial charge on any atom is 0.335 e. The zero-order valence-corrected chi connectivity index (χ0v) is 15.9. The van der Waals surface area contributed by atoms with Gasteiger partial charge in [-0.3, -0.25) is 0 Å². The summed E-state index contributed by atoms with van der Waals surface area (Å²) in [4.78, 5) is 11.3. The average molecular weight is 401 g/mol. The molecule has 3 aromatic carbocycles. The number of carbonyl (C=O) groups is 1. The molecule has 4 aromatic rings. The summed E-state index contributed by atoms with van der Waals surface area (Å²) in [6, 6.07) is 21.6. The number of aromatic nitrogens is 1. The van der Waals surface area contributed by atoms with Crippen molar-refractivity contribution in [3.05, 3.63) is 102 Å². The fourth-order valence-electron chi connectivity index (χ4n) is 3.02. The van der Waals surface area contributed by atoms with Gasteiger partial charge in [-0.2, -0.15) is 0 Å². The van der Waals surface area contributed by atoms with Crippen molar-refractivity contribution in [3.63, 3.8) is 0 Å². The molecule has 0 bridgehead atoms. The number of carboxylic acid groups (broad SMARTS) is 1. The molecule has 0 saturated heterocycles. The van der Waals surface area contributed by atoms with Crippen LogP contribution in [0.5, 0.6) is 0 Å². The third-order valence-electron chi connectivity index (χ3n) is 4.43. The van der Waals surface area contributed by atoms with Gasteiger partial charge in [-0.05, 0) is 36.4 Å². The molecule has 0 atom stereocenters. The maximum atomic E-state index is 13.1. The first-order valence-electron chi connectivity index (χ1n) is 8.73. The molecule has 0 amide bonds. The minimum atomic E-state index is -3.77. The molecular weight excluding hydrogens is 386 g/mol. The lowest BCUT2D eigenvalue weighted by atomic mass is 10.1. The number of hydrogen-bond donors (Lipinski definition) is 1. The lowest BCUT2D eigenvalue weighted by Gasteiger charge is -2.06. The quantitative estimate of drug-likeness (QED) is 0.527. The van der Waals surface area contributed by atoms with Crippen LogP contribution >= 0.6 is 0 Å². The van der Waals surface area contributed by atoms with Gasteiger partial charge in [-0.1, -0.05) is 54.3 Å². The second-order valence-electron chi connectivity index (χ2n) is 6.31. The molecule has 0 saturated carbocycles. The van der Waals surface area contributed by atoms with E-state index in [9.17, 15) is 13.2 Å². The highest BCUT2D eigenvalue weighted by atomic mass is 32.2. The molecule has 1 aromatic heterocycles. The van der Waals surface area contributed by atoms with Crippen LogP contribution in [0.3, 0.4) is 0 Å². The number of hydrogen-bond acceptors (Lipinski definition) is 3. The topological polar surface area (TPSA) is 76.4 Å². The van der Waals surface area contributed by atoms with Gasteiger partial charge in [0.15, 0.2) is 0 Å². The van der Waals surface area contributed by atoms with Gasteiger partial charge in [0.1, 0.15) is 0 Å². The van der Waals surface area contributed by atoms with Crippen molar-refractivity contribution in [2.24, 2.45) is 0 Å². The van der Waals surface area contributed by atoms with Crippen LogP contribution in [0.15, 0.2) is 90.0 Å². The molecule has 0 aliphatic heterocycles. The molecule has 1 heterocycles. The van der Waals surface area contributed by atoms with Crippen molar-refractivity contribution in [1.29, 1.82) is 0 Å². The third kappa shape index (κ3) is 3.51. The Morgan fingerprint density at radius 2 is 1.59 bits per heavy atom. The summed E-state index contributed by atoms with van der Waals surface area (Å²) >= 11 is 0. The van der Waals surface area contributed by atoms with Crippen LogP contribution in [-0.4, -0.2) is 23.5 Å². The number of fused-ring (bicyclic) bond motifs is 1. The van der Waals surface area contributed by atoms with Gasteiger partial charge in [-0.25, -0.2) is 17.2 Å². The maximum absolute atomic E-state index is 13.1. The Morgan fingerprint density at radius 3 is 2.34 bits per heavy atom. The second-order valence-corrected chi connectivity index (χ2v) is 8.12. The zero-order chi connectivity index (χ0) is 20.4. The first kappa shape index (κ1) is 18.5. The van der Waals surface area contributed by atoms with E-state index in [0.717, 1.165) is 0 Å². The van der Waals surface area contributed by atoms with E-state index in [1.807, 2.05) is 12.1 Å². The lowest BCUT2D eigenvalue weighted by molar-refractivity contribution is 0.0697. The van der Waals surface area contributed by atoms with Crippen LogP contribution in [-0.2, 0) is 10.0 Å². The van der Waals surface area contributed by atoms with Crippen molar-refractivity contribution in [2.75, 3.05) is 0 Å². The van der Waals surface area contributed by atoms with Gasteiger partial charge in [0, 0.05) is 17.1 Å². The number of rotatable bonds is 3. The van der Waals surface area contributed by atoms with Gasteiger partial charge >= 0.3 is 5.97 Å². The highest BCUT2D eigenvalue weighted by molar-refractivity contribution is 7.90. The Kier molecular flexibility index (Phi) is 4.67. The SMILES string of the molecule is O=C(O)c1cccc(C#Cc2cn(S(=O)(=O)c3ccccc3)c3ccccc23)c1. The first-order chi connectivity index (χ1) is 14.0. The fourth-order valence-corrected chi connectivity index (χ4v) is 4.41. The van der Waals surface area contributed by atoms with Crippen molar-refractivity contribution >= 4 is 26.9 Å². The predicted molar refractivity (Wildman–Crippen MR) is 110 cm³/mol. The number of aromatic carboxylic acids is 1. The van der Waals surface area contributed by atoms with Crippen LogP contribution in [0.4, 0.5) is 0 Å². The van der Waals surface area contributed by atoms with E-state index in [-0.39, 0.29) is 10.5 Å². The predicted octanol–water partition coefficient (Wildman–Crippen LogP) is 3.98. The normalized spacial score (nSPS) is 11.0. The monoisotopic (exact) mass is 401 g/mol. The summed E-state index contributed by atoms with van der Waals surface area (Å²) < 4.78 is 27.4. The molecule has 6 heteroatoms. The Labute approximate surface area is 167 Å². The molecular formula is C23H15NO4S. The van der Waals surface area contributed by atoms with Crippen LogP contribution in [0.2, 0.25) is 0 Å². The van der Waals surface area contributed by atoms with E-state index in [2.05, 4.69) is 11.8 Å². The first-order valence-corrected chi connectivity index (χ1v) is 10.2. The summed E-state index contributed by atoms with van der Waals surface area (Å²) in [6.45, 7) is 0. The molecule has 142 valence electrons. The van der Waals surface area contributed by atoms with Gasteiger partial charge in [0.25, 0.3) is 10.0 Å². The Bertz CT molecular complexity index is 1390. The van der Waals surface area contributed by atoms with Crippen molar-refractivity contribution in [2.45, 2.75) is 4.90 Å². The Morgan fingerprint density at radius 1 is 0.862 bits per heavy atom.